The van der Waals surface area contributed by atoms with Crippen molar-refractivity contribution in [3.05, 3.63) is 52.8 Å². The summed E-state index contributed by atoms with van der Waals surface area (Å²) < 4.78 is 13.3. The number of anilines is 1. The summed E-state index contributed by atoms with van der Waals surface area (Å²) in [6.45, 7) is 3.91. The topological polar surface area (TPSA) is 66.0 Å². The van der Waals surface area contributed by atoms with Crippen LogP contribution < -0.4 is 11.1 Å². The van der Waals surface area contributed by atoms with Crippen LogP contribution in [0.15, 0.2) is 52.1 Å². The molecule has 1 aromatic rings. The maximum Gasteiger partial charge on any atom is 0.148 e. The maximum atomic E-state index is 13.3. The smallest absolute Gasteiger partial charge is 0.148 e. The second-order valence-corrected chi connectivity index (χ2v) is 5.39. The van der Waals surface area contributed by atoms with E-state index in [4.69, 9.17) is 17.3 Å². The monoisotopic (exact) mass is 319 g/mol. The number of nitrogens with two attached hydrogens (primary N) is 1. The molecule has 1 aliphatic carbocycles. The second-order valence-electron chi connectivity index (χ2n) is 4.99. The van der Waals surface area contributed by atoms with E-state index in [1.54, 1.807) is 11.1 Å². The number of hydrogen-bond donors (Lipinski definition) is 2. The van der Waals surface area contributed by atoms with Crippen LogP contribution in [0.5, 0.6) is 0 Å². The molecule has 7 heteroatoms. The van der Waals surface area contributed by atoms with Gasteiger partial charge in [-0.2, -0.15) is 10.1 Å². The zero-order valence-corrected chi connectivity index (χ0v) is 12.6. The Morgan fingerprint density at radius 1 is 1.45 bits per heavy atom. The number of nitrogens with zero attached hydrogens (tertiary/aromatic N) is 3. The molecule has 1 aromatic carbocycles. The largest absolute Gasteiger partial charge is 0.388 e. The molecule has 1 aliphatic heterocycles. The van der Waals surface area contributed by atoms with E-state index in [0.717, 1.165) is 36.4 Å². The number of hydrogen-bond acceptors (Lipinski definition) is 4. The molecule has 1 heterocycles. The Labute approximate surface area is 132 Å². The van der Waals surface area contributed by atoms with Gasteiger partial charge in [0.25, 0.3) is 0 Å². The first-order valence-electron chi connectivity index (χ1n) is 6.86. The number of halogens is 2. The fraction of sp³-hybridized carbons (Fsp3) is 0.200. The van der Waals surface area contributed by atoms with Crippen molar-refractivity contribution < 1.29 is 4.39 Å². The van der Waals surface area contributed by atoms with Gasteiger partial charge in [0, 0.05) is 17.0 Å². The van der Waals surface area contributed by atoms with E-state index in [9.17, 15) is 4.39 Å². The lowest BCUT2D eigenvalue weighted by atomic mass is 10.1. The minimum absolute atomic E-state index is 0.0550. The Morgan fingerprint density at radius 2 is 2.27 bits per heavy atom. The molecule has 2 aliphatic rings. The molecule has 22 heavy (non-hydrogen) atoms. The van der Waals surface area contributed by atoms with Crippen LogP contribution in [-0.2, 0) is 0 Å². The molecular formula is C15H15ClFN5. The normalized spacial score (nSPS) is 18.0. The van der Waals surface area contributed by atoms with Crippen molar-refractivity contribution in [2.45, 2.75) is 19.3 Å². The van der Waals surface area contributed by atoms with Crippen LogP contribution >= 0.6 is 11.6 Å². The van der Waals surface area contributed by atoms with Crippen LogP contribution in [0.2, 0.25) is 5.02 Å². The zero-order valence-electron chi connectivity index (χ0n) is 11.8. The predicted molar refractivity (Wildman–Crippen MR) is 87.0 cm³/mol. The molecule has 114 valence electrons. The number of fused-ring (bicyclic) bond motifs is 1. The van der Waals surface area contributed by atoms with Crippen molar-refractivity contribution >= 4 is 29.3 Å². The van der Waals surface area contributed by atoms with Gasteiger partial charge in [0.15, 0.2) is 0 Å². The molecular weight excluding hydrogens is 305 g/mol. The molecule has 0 aromatic heterocycles. The summed E-state index contributed by atoms with van der Waals surface area (Å²) in [7, 11) is 0. The summed E-state index contributed by atoms with van der Waals surface area (Å²) in [5, 5.41) is 8.92. The van der Waals surface area contributed by atoms with Crippen molar-refractivity contribution in [3.8, 4) is 0 Å². The summed E-state index contributed by atoms with van der Waals surface area (Å²) >= 11 is 5.83. The van der Waals surface area contributed by atoms with E-state index >= 15 is 0 Å². The summed E-state index contributed by atoms with van der Waals surface area (Å²) in [6.07, 6.45) is 4.00. The molecule has 0 saturated heterocycles. The molecule has 3 rings (SSSR count). The summed E-state index contributed by atoms with van der Waals surface area (Å²) in [4.78, 5) is 4.46. The van der Waals surface area contributed by atoms with Crippen molar-refractivity contribution in [1.82, 2.24) is 5.01 Å². The van der Waals surface area contributed by atoms with Crippen molar-refractivity contribution in [2.75, 3.05) is 5.32 Å². The fourth-order valence-corrected chi connectivity index (χ4v) is 2.78. The summed E-state index contributed by atoms with van der Waals surface area (Å²) in [6, 6.07) is 4.45. The maximum absolute atomic E-state index is 13.3. The van der Waals surface area contributed by atoms with Gasteiger partial charge in [-0.1, -0.05) is 18.2 Å². The van der Waals surface area contributed by atoms with Gasteiger partial charge >= 0.3 is 0 Å². The van der Waals surface area contributed by atoms with E-state index in [-0.39, 0.29) is 5.02 Å². The third-order valence-electron chi connectivity index (χ3n) is 3.56. The van der Waals surface area contributed by atoms with Crippen LogP contribution in [0.4, 0.5) is 10.1 Å². The van der Waals surface area contributed by atoms with Gasteiger partial charge in [0.2, 0.25) is 0 Å². The Hall–Kier alpha value is -2.34. The molecule has 0 unspecified atom stereocenters. The molecule has 0 spiro atoms. The molecule has 0 radical (unpaired) electrons. The lowest BCUT2D eigenvalue weighted by Crippen LogP contribution is -2.28. The zero-order chi connectivity index (χ0) is 15.7. The van der Waals surface area contributed by atoms with E-state index < -0.39 is 5.82 Å². The first-order chi connectivity index (χ1) is 10.6. The number of allylic oxidation sites excluding steroid dienone is 1. The van der Waals surface area contributed by atoms with Crippen molar-refractivity contribution in [1.29, 1.82) is 0 Å². The highest BCUT2D eigenvalue weighted by atomic mass is 35.5. The molecule has 0 amide bonds. The first-order valence-corrected chi connectivity index (χ1v) is 7.24. The number of nitrogens with one attached hydrogen (secondary N) is 1. The molecule has 0 bridgehead atoms. The third-order valence-corrected chi connectivity index (χ3v) is 3.85. The van der Waals surface area contributed by atoms with Crippen LogP contribution in [0.3, 0.4) is 0 Å². The van der Waals surface area contributed by atoms with Gasteiger partial charge in [-0.25, -0.2) is 9.38 Å². The molecule has 5 nitrogen and oxygen atoms in total. The summed E-state index contributed by atoms with van der Waals surface area (Å²) in [5.74, 6) is 0.757. The Balaban J connectivity index is 2.01. The van der Waals surface area contributed by atoms with E-state index in [1.165, 1.54) is 18.5 Å². The van der Waals surface area contributed by atoms with Crippen LogP contribution in [0, 0.1) is 5.82 Å². The van der Waals surface area contributed by atoms with Gasteiger partial charge in [-0.15, -0.1) is 0 Å². The number of hydrazone groups is 1. The Bertz CT molecular complexity index is 723. The highest BCUT2D eigenvalue weighted by molar-refractivity contribution is 6.31. The molecule has 0 atom stereocenters. The first kappa shape index (κ1) is 14.6. The predicted octanol–water partition coefficient (Wildman–Crippen LogP) is 3.42. The van der Waals surface area contributed by atoms with E-state index in [0.29, 0.717) is 11.5 Å². The minimum atomic E-state index is -0.460. The van der Waals surface area contributed by atoms with Gasteiger partial charge < -0.3 is 11.1 Å². The highest BCUT2D eigenvalue weighted by Gasteiger charge is 2.29. The average molecular weight is 320 g/mol. The van der Waals surface area contributed by atoms with Crippen LogP contribution in [0.25, 0.3) is 0 Å². The van der Waals surface area contributed by atoms with Crippen molar-refractivity contribution in [2.24, 2.45) is 15.8 Å². The standard InChI is InChI=1S/C15H15ClFN5/c1-9-20-14-4-2-3-11(14)15(22(9)19-8-18)21-10-5-6-13(17)12(16)7-10/h5-8,21H,1-4H2,(H2,18,19). The Morgan fingerprint density at radius 3 is 3.00 bits per heavy atom. The van der Waals surface area contributed by atoms with Crippen LogP contribution in [0.1, 0.15) is 19.3 Å². The molecule has 3 N–H and O–H groups in total. The van der Waals surface area contributed by atoms with Crippen molar-refractivity contribution in [3.63, 3.8) is 0 Å². The highest BCUT2D eigenvalue weighted by Crippen LogP contribution is 2.34. The van der Waals surface area contributed by atoms with Gasteiger partial charge in [0.05, 0.1) is 5.02 Å². The van der Waals surface area contributed by atoms with Gasteiger partial charge in [-0.05, 0) is 37.5 Å². The number of rotatable bonds is 3. The van der Waals surface area contributed by atoms with E-state index in [1.807, 2.05) is 0 Å². The second kappa shape index (κ2) is 5.81. The fourth-order valence-electron chi connectivity index (χ4n) is 2.60. The van der Waals surface area contributed by atoms with E-state index in [2.05, 4.69) is 22.0 Å². The summed E-state index contributed by atoms with van der Waals surface area (Å²) in [5.41, 5.74) is 8.15. The number of aliphatic imine (C=N–C) groups is 1. The minimum Gasteiger partial charge on any atom is -0.388 e. The third kappa shape index (κ3) is 2.57. The van der Waals surface area contributed by atoms with Crippen LogP contribution in [-0.4, -0.2) is 17.1 Å². The van der Waals surface area contributed by atoms with Gasteiger partial charge in [0.1, 0.15) is 23.8 Å². The molecule has 1 fully saturated rings. The molecule has 1 saturated carbocycles. The lowest BCUT2D eigenvalue weighted by molar-refractivity contribution is 0.449. The average Bonchev–Trinajstić information content (AvgIpc) is 2.94. The lowest BCUT2D eigenvalue weighted by Gasteiger charge is -2.28. The Kier molecular flexibility index (Phi) is 3.85. The number of benzene rings is 1. The quantitative estimate of drug-likeness (QED) is 0.662. The van der Waals surface area contributed by atoms with Gasteiger partial charge in [-0.3, -0.25) is 0 Å². The SMILES string of the molecule is C=C1N=C2CCCC2=C(Nc2ccc(F)c(Cl)c2)N1/N=C\N.